The number of aromatic nitrogens is 3. The molecule has 0 bridgehead atoms. The summed E-state index contributed by atoms with van der Waals surface area (Å²) in [5.41, 5.74) is 1.61. The van der Waals surface area contributed by atoms with E-state index in [1.54, 1.807) is 48.7 Å². The predicted molar refractivity (Wildman–Crippen MR) is 137 cm³/mol. The Hall–Kier alpha value is -4.61. The number of hydrogen-bond acceptors (Lipinski definition) is 6. The van der Waals surface area contributed by atoms with Gasteiger partial charge in [-0.3, -0.25) is 0 Å². The molecule has 0 aliphatic heterocycles. The highest BCUT2D eigenvalue weighted by molar-refractivity contribution is 5.48. The summed E-state index contributed by atoms with van der Waals surface area (Å²) in [4.78, 5) is 4.50. The molecule has 8 nitrogen and oxygen atoms in total. The van der Waals surface area contributed by atoms with Crippen LogP contribution in [-0.2, 0) is 12.0 Å². The van der Waals surface area contributed by atoms with Gasteiger partial charge in [0.05, 0.1) is 0 Å². The summed E-state index contributed by atoms with van der Waals surface area (Å²) in [6.45, 7) is -2.82. The number of ether oxygens (including phenoxy) is 2. The molecule has 0 aliphatic rings. The first-order valence-corrected chi connectivity index (χ1v) is 12.2. The molecule has 3 heterocycles. The van der Waals surface area contributed by atoms with Crippen molar-refractivity contribution in [3.05, 3.63) is 118 Å². The van der Waals surface area contributed by atoms with Crippen LogP contribution in [0.2, 0.25) is 0 Å². The van der Waals surface area contributed by atoms with Crippen LogP contribution in [0.3, 0.4) is 0 Å². The zero-order valence-corrected chi connectivity index (χ0v) is 21.5. The average Bonchev–Trinajstić information content (AvgIpc) is 2.89. The van der Waals surface area contributed by atoms with Gasteiger partial charge in [-0.15, -0.1) is 0 Å². The normalized spacial score (nSPS) is 12.4. The standard InChI is InChI=1S/C28H26F4N4O4/c1-28(2,24-5-3-4-12-36(24)38)34-25-9-7-20(17-33-25)21(15-18-10-13-35(37)14-11-18)19-6-8-22(39-26(29)30)23(16-19)40-27(31)32/h3-14,16-17,21,26-27H,15H2,1-2H3,(H,33,34). The second-order valence-electron chi connectivity index (χ2n) is 9.42. The Labute approximate surface area is 227 Å². The van der Waals surface area contributed by atoms with E-state index in [-0.39, 0.29) is 0 Å². The van der Waals surface area contributed by atoms with Gasteiger partial charge in [0.1, 0.15) is 11.4 Å². The zero-order valence-electron chi connectivity index (χ0n) is 21.5. The van der Waals surface area contributed by atoms with E-state index in [9.17, 15) is 28.0 Å². The van der Waals surface area contributed by atoms with Crippen molar-refractivity contribution >= 4 is 5.82 Å². The molecule has 1 unspecified atom stereocenters. The number of alkyl halides is 4. The van der Waals surface area contributed by atoms with Gasteiger partial charge in [0.25, 0.3) is 0 Å². The summed E-state index contributed by atoms with van der Waals surface area (Å²) in [5, 5.41) is 27.0. The van der Waals surface area contributed by atoms with Crippen molar-refractivity contribution in [1.29, 1.82) is 0 Å². The van der Waals surface area contributed by atoms with Crippen LogP contribution in [0.5, 0.6) is 11.5 Å². The first-order chi connectivity index (χ1) is 19.0. The van der Waals surface area contributed by atoms with Crippen molar-refractivity contribution in [2.45, 2.75) is 44.9 Å². The third-order valence-corrected chi connectivity index (χ3v) is 6.21. The van der Waals surface area contributed by atoms with E-state index in [0.29, 0.717) is 33.8 Å². The minimum atomic E-state index is -3.26. The number of nitrogens with zero attached hydrogens (tertiary/aromatic N) is 3. The van der Waals surface area contributed by atoms with Gasteiger partial charge in [0.15, 0.2) is 30.1 Å². The molecule has 1 atom stereocenters. The summed E-state index contributed by atoms with van der Waals surface area (Å²) in [6, 6.07) is 15.7. The Bertz CT molecular complexity index is 1420. The third kappa shape index (κ3) is 7.07. The van der Waals surface area contributed by atoms with Crippen molar-refractivity contribution in [3.63, 3.8) is 0 Å². The van der Waals surface area contributed by atoms with Crippen molar-refractivity contribution < 1.29 is 36.5 Å². The number of anilines is 1. The molecule has 0 saturated carbocycles. The topological polar surface area (TPSA) is 97.3 Å². The molecular formula is C28H26F4N4O4. The fourth-order valence-corrected chi connectivity index (χ4v) is 4.35. The molecule has 0 saturated heterocycles. The van der Waals surface area contributed by atoms with E-state index >= 15 is 0 Å². The molecule has 40 heavy (non-hydrogen) atoms. The average molecular weight is 559 g/mol. The highest BCUT2D eigenvalue weighted by atomic mass is 19.3. The van der Waals surface area contributed by atoms with Crippen molar-refractivity contribution in [3.8, 4) is 11.5 Å². The van der Waals surface area contributed by atoms with Crippen LogP contribution in [0.25, 0.3) is 0 Å². The molecule has 0 aliphatic carbocycles. The quantitative estimate of drug-likeness (QED) is 0.153. The number of halogens is 4. The zero-order chi connectivity index (χ0) is 28.9. The Kier molecular flexibility index (Phi) is 8.56. The SMILES string of the molecule is CC(C)(Nc1ccc(C(Cc2cc[n+]([O-])cc2)c2ccc(OC(F)F)c(OC(F)F)c2)cn1)c1cccc[n+]1[O-]. The molecule has 0 amide bonds. The highest BCUT2D eigenvalue weighted by Gasteiger charge is 2.29. The molecule has 4 aromatic rings. The predicted octanol–water partition coefficient (Wildman–Crippen LogP) is 5.27. The minimum absolute atomic E-state index is 0.324. The molecule has 210 valence electrons. The van der Waals surface area contributed by atoms with Crippen LogP contribution >= 0.6 is 0 Å². The van der Waals surface area contributed by atoms with E-state index in [1.807, 2.05) is 13.8 Å². The maximum atomic E-state index is 13.1. The lowest BCUT2D eigenvalue weighted by molar-refractivity contribution is -0.617. The lowest BCUT2D eigenvalue weighted by Crippen LogP contribution is -2.43. The first-order valence-electron chi connectivity index (χ1n) is 12.2. The third-order valence-electron chi connectivity index (χ3n) is 6.21. The summed E-state index contributed by atoms with van der Waals surface area (Å²) in [5.74, 6) is -1.08. The summed E-state index contributed by atoms with van der Waals surface area (Å²) in [7, 11) is 0. The number of nitrogens with one attached hydrogen (secondary N) is 1. The van der Waals surface area contributed by atoms with Crippen LogP contribution in [0.15, 0.2) is 85.5 Å². The Morgan fingerprint density at radius 2 is 1.52 bits per heavy atom. The second-order valence-corrected chi connectivity index (χ2v) is 9.42. The van der Waals surface area contributed by atoms with Gasteiger partial charge in [-0.2, -0.15) is 27.0 Å². The number of rotatable bonds is 11. The molecule has 12 heteroatoms. The van der Waals surface area contributed by atoms with E-state index in [1.165, 1.54) is 30.7 Å². The van der Waals surface area contributed by atoms with Crippen LogP contribution in [0.1, 0.15) is 42.1 Å². The summed E-state index contributed by atoms with van der Waals surface area (Å²) >= 11 is 0. The summed E-state index contributed by atoms with van der Waals surface area (Å²) < 4.78 is 62.0. The Balaban J connectivity index is 1.68. The lowest BCUT2D eigenvalue weighted by atomic mass is 9.86. The second kappa shape index (κ2) is 12.1. The molecule has 0 spiro atoms. The lowest BCUT2D eigenvalue weighted by Gasteiger charge is -2.25. The van der Waals surface area contributed by atoms with Gasteiger partial charge >= 0.3 is 13.2 Å². The fraction of sp³-hybridized carbons (Fsp3) is 0.250. The van der Waals surface area contributed by atoms with Gasteiger partial charge in [-0.05, 0) is 61.2 Å². The first kappa shape index (κ1) is 28.4. The maximum absolute atomic E-state index is 13.1. The number of pyridine rings is 3. The van der Waals surface area contributed by atoms with Crippen LogP contribution < -0.4 is 24.3 Å². The van der Waals surface area contributed by atoms with E-state index in [2.05, 4.69) is 19.8 Å². The largest absolute Gasteiger partial charge is 0.619 e. The number of benzene rings is 1. The molecule has 0 radical (unpaired) electrons. The van der Waals surface area contributed by atoms with Crippen LogP contribution in [-0.4, -0.2) is 18.2 Å². The van der Waals surface area contributed by atoms with Gasteiger partial charge in [-0.25, -0.2) is 4.98 Å². The van der Waals surface area contributed by atoms with Gasteiger partial charge < -0.3 is 25.2 Å². The molecule has 1 aromatic carbocycles. The molecule has 3 aromatic heterocycles. The highest BCUT2D eigenvalue weighted by Crippen LogP contribution is 2.37. The van der Waals surface area contributed by atoms with Crippen LogP contribution in [0, 0.1) is 10.4 Å². The Morgan fingerprint density at radius 1 is 0.850 bits per heavy atom. The fourth-order valence-electron chi connectivity index (χ4n) is 4.35. The molecular weight excluding hydrogens is 532 g/mol. The van der Waals surface area contributed by atoms with Gasteiger partial charge in [0.2, 0.25) is 5.69 Å². The van der Waals surface area contributed by atoms with Gasteiger partial charge in [-0.1, -0.05) is 12.1 Å². The van der Waals surface area contributed by atoms with Crippen molar-refractivity contribution in [2.24, 2.45) is 0 Å². The summed E-state index contributed by atoms with van der Waals surface area (Å²) in [6.07, 6.45) is 5.98. The number of hydrogen-bond donors (Lipinski definition) is 1. The van der Waals surface area contributed by atoms with Crippen molar-refractivity contribution in [2.75, 3.05) is 5.32 Å². The minimum Gasteiger partial charge on any atom is -0.619 e. The molecule has 4 rings (SSSR count). The van der Waals surface area contributed by atoms with Crippen LogP contribution in [0.4, 0.5) is 23.4 Å². The smallest absolute Gasteiger partial charge is 0.387 e. The van der Waals surface area contributed by atoms with E-state index in [0.717, 1.165) is 16.4 Å². The van der Waals surface area contributed by atoms with Crippen molar-refractivity contribution in [1.82, 2.24) is 4.98 Å². The van der Waals surface area contributed by atoms with Gasteiger partial charge in [0, 0.05) is 36.4 Å². The monoisotopic (exact) mass is 558 g/mol. The van der Waals surface area contributed by atoms with E-state index in [4.69, 9.17) is 0 Å². The molecule has 1 N–H and O–H groups in total. The maximum Gasteiger partial charge on any atom is 0.387 e. The molecule has 0 fully saturated rings. The Morgan fingerprint density at radius 3 is 2.15 bits per heavy atom. The van der Waals surface area contributed by atoms with E-state index < -0.39 is 36.2 Å².